The Morgan fingerprint density at radius 2 is 0.833 bits per heavy atom. The summed E-state index contributed by atoms with van der Waals surface area (Å²) in [7, 11) is 0. The third-order valence-corrected chi connectivity index (χ3v) is 0.890. The zero-order chi connectivity index (χ0) is 9.40. The van der Waals surface area contributed by atoms with Crippen molar-refractivity contribution < 1.29 is 0 Å². The summed E-state index contributed by atoms with van der Waals surface area (Å²) in [6, 6.07) is 0. The van der Waals surface area contributed by atoms with E-state index >= 15 is 0 Å². The van der Waals surface area contributed by atoms with Gasteiger partial charge in [0, 0.05) is 0 Å². The normalized spacial score (nSPS) is 5.33. The van der Waals surface area contributed by atoms with Gasteiger partial charge in [-0.25, -0.2) is 0 Å². The van der Waals surface area contributed by atoms with Gasteiger partial charge in [-0.3, -0.25) is 0 Å². The molecule has 0 nitrogen and oxygen atoms in total. The molecule has 52 valence electrons. The van der Waals surface area contributed by atoms with E-state index in [1.165, 1.54) is 0 Å². The van der Waals surface area contributed by atoms with Crippen LogP contribution >= 0.6 is 0 Å². The number of terminal acetylenes is 4. The lowest BCUT2D eigenvalue weighted by molar-refractivity contribution is 1.88. The van der Waals surface area contributed by atoms with Gasteiger partial charge >= 0.3 is 0 Å². The standard InChI is InChI=1S/C12H4/c1-5-11(6-2)9-10-12(7-3)8-4/h1-4H. The van der Waals surface area contributed by atoms with E-state index in [4.69, 9.17) is 25.7 Å². The largest absolute Gasteiger partial charge is 0.124 e. The van der Waals surface area contributed by atoms with Crippen LogP contribution in [0.4, 0.5) is 0 Å². The molecule has 0 fully saturated rings. The first-order valence-electron chi connectivity index (χ1n) is 2.90. The quantitative estimate of drug-likeness (QED) is 0.357. The van der Waals surface area contributed by atoms with Crippen molar-refractivity contribution in [3.8, 4) is 49.4 Å². The van der Waals surface area contributed by atoms with Crippen molar-refractivity contribution >= 4 is 0 Å². The summed E-state index contributed by atoms with van der Waals surface area (Å²) in [5, 5.41) is 0. The second kappa shape index (κ2) is 5.33. The van der Waals surface area contributed by atoms with E-state index in [0.717, 1.165) is 0 Å². The van der Waals surface area contributed by atoms with Gasteiger partial charge in [0.05, 0.1) is 0 Å². The maximum Gasteiger partial charge on any atom is 0.124 e. The first kappa shape index (κ1) is 9.54. The Morgan fingerprint density at radius 1 is 0.583 bits per heavy atom. The predicted molar refractivity (Wildman–Crippen MR) is 49.4 cm³/mol. The summed E-state index contributed by atoms with van der Waals surface area (Å²) in [6.07, 6.45) is 20.0. The minimum absolute atomic E-state index is 0.234. The maximum absolute atomic E-state index is 5.01. The van der Waals surface area contributed by atoms with Gasteiger partial charge < -0.3 is 0 Å². The Bertz CT molecular complexity index is 356. The van der Waals surface area contributed by atoms with E-state index in [0.29, 0.717) is 0 Å². The Hall–Kier alpha value is -2.46. The molecule has 0 amide bonds. The number of allylic oxidation sites excluding steroid dienone is 2. The first-order chi connectivity index (χ1) is 5.78. The molecule has 0 bridgehead atoms. The Labute approximate surface area is 72.7 Å². The van der Waals surface area contributed by atoms with Gasteiger partial charge in [-0.15, -0.1) is 25.7 Å². The van der Waals surface area contributed by atoms with Crippen LogP contribution in [0.25, 0.3) is 0 Å². The highest BCUT2D eigenvalue weighted by atomic mass is 13.8. The number of hydrogen-bond acceptors (Lipinski definition) is 0. The average Bonchev–Trinajstić information content (AvgIpc) is 2.13. The smallest absolute Gasteiger partial charge is 0.113 e. The van der Waals surface area contributed by atoms with Crippen LogP contribution in [0, 0.1) is 49.4 Å². The second-order valence-corrected chi connectivity index (χ2v) is 1.58. The molecule has 0 heteroatoms. The molecule has 0 saturated carbocycles. The summed E-state index contributed by atoms with van der Waals surface area (Å²) < 4.78 is 0. The van der Waals surface area contributed by atoms with Gasteiger partial charge in [-0.2, -0.15) is 0 Å². The highest BCUT2D eigenvalue weighted by Crippen LogP contribution is 1.86. The topological polar surface area (TPSA) is 0 Å². The molecule has 0 aromatic rings. The molecule has 0 saturated heterocycles. The van der Waals surface area contributed by atoms with Crippen molar-refractivity contribution in [2.75, 3.05) is 0 Å². The zero-order valence-electron chi connectivity index (χ0n) is 6.31. The fraction of sp³-hybridized carbons (Fsp3) is 0. The van der Waals surface area contributed by atoms with Gasteiger partial charge in [0.1, 0.15) is 11.1 Å². The van der Waals surface area contributed by atoms with Crippen molar-refractivity contribution in [3.63, 3.8) is 0 Å². The van der Waals surface area contributed by atoms with Crippen LogP contribution < -0.4 is 0 Å². The molecule has 0 atom stereocenters. The third-order valence-electron chi connectivity index (χ3n) is 0.890. The molecule has 0 radical (unpaired) electrons. The molecule has 0 rings (SSSR count). The Kier molecular flexibility index (Phi) is 4.24. The molecule has 0 N–H and O–H groups in total. The molecule has 0 aromatic heterocycles. The van der Waals surface area contributed by atoms with Crippen molar-refractivity contribution in [1.82, 2.24) is 0 Å². The van der Waals surface area contributed by atoms with Crippen molar-refractivity contribution in [2.24, 2.45) is 0 Å². The van der Waals surface area contributed by atoms with E-state index in [-0.39, 0.29) is 11.1 Å². The minimum Gasteiger partial charge on any atom is -0.113 e. The zero-order valence-corrected chi connectivity index (χ0v) is 6.31. The van der Waals surface area contributed by atoms with Gasteiger partial charge in [0.2, 0.25) is 0 Å². The van der Waals surface area contributed by atoms with Gasteiger partial charge in [0.15, 0.2) is 0 Å². The SMILES string of the molecule is C#CC(=C=C=C(C#C)C#C)C#C. The van der Waals surface area contributed by atoms with Gasteiger partial charge in [0.25, 0.3) is 0 Å². The molecule has 0 aliphatic rings. The predicted octanol–water partition coefficient (Wildman–Crippen LogP) is 1.13. The average molecular weight is 148 g/mol. The number of rotatable bonds is 0. The molecule has 0 aliphatic heterocycles. The Morgan fingerprint density at radius 3 is 1.00 bits per heavy atom. The van der Waals surface area contributed by atoms with E-state index in [1.54, 1.807) is 0 Å². The molecular formula is C12H4. The third kappa shape index (κ3) is 2.90. The lowest BCUT2D eigenvalue weighted by Gasteiger charge is -1.73. The molecule has 0 spiro atoms. The van der Waals surface area contributed by atoms with Crippen LogP contribution in [0.2, 0.25) is 0 Å². The lowest BCUT2D eigenvalue weighted by atomic mass is 10.3. The van der Waals surface area contributed by atoms with Crippen LogP contribution in [0.3, 0.4) is 0 Å². The summed E-state index contributed by atoms with van der Waals surface area (Å²) in [5.74, 6) is 8.85. The van der Waals surface area contributed by atoms with Crippen LogP contribution in [0.5, 0.6) is 0 Å². The van der Waals surface area contributed by atoms with Gasteiger partial charge in [-0.1, -0.05) is 23.7 Å². The molecular weight excluding hydrogens is 144 g/mol. The summed E-state index contributed by atoms with van der Waals surface area (Å²) in [5.41, 5.74) is 5.46. The molecule has 0 aliphatic carbocycles. The van der Waals surface area contributed by atoms with Crippen molar-refractivity contribution in [3.05, 3.63) is 22.6 Å². The second-order valence-electron chi connectivity index (χ2n) is 1.58. The first-order valence-corrected chi connectivity index (χ1v) is 2.90. The summed E-state index contributed by atoms with van der Waals surface area (Å²) in [4.78, 5) is 0. The summed E-state index contributed by atoms with van der Waals surface area (Å²) in [6.45, 7) is 0. The van der Waals surface area contributed by atoms with Crippen LogP contribution in [0.15, 0.2) is 22.6 Å². The fourth-order valence-electron chi connectivity index (χ4n) is 0.353. The molecule has 0 heterocycles. The van der Waals surface area contributed by atoms with Crippen LogP contribution in [-0.2, 0) is 0 Å². The highest BCUT2D eigenvalue weighted by molar-refractivity contribution is 5.44. The number of hydrogen-bond donors (Lipinski definition) is 0. The fourth-order valence-corrected chi connectivity index (χ4v) is 0.353. The molecule has 0 aromatic carbocycles. The highest BCUT2D eigenvalue weighted by Gasteiger charge is 1.79. The molecule has 0 unspecified atom stereocenters. The van der Waals surface area contributed by atoms with E-state index in [1.807, 2.05) is 0 Å². The van der Waals surface area contributed by atoms with E-state index in [2.05, 4.69) is 35.1 Å². The van der Waals surface area contributed by atoms with E-state index < -0.39 is 0 Å². The molecule has 12 heavy (non-hydrogen) atoms. The minimum atomic E-state index is 0.234. The lowest BCUT2D eigenvalue weighted by Crippen LogP contribution is -1.66. The van der Waals surface area contributed by atoms with Crippen LogP contribution in [-0.4, -0.2) is 0 Å². The van der Waals surface area contributed by atoms with Gasteiger partial charge in [-0.05, 0) is 11.5 Å². The monoisotopic (exact) mass is 148 g/mol. The van der Waals surface area contributed by atoms with Crippen molar-refractivity contribution in [1.29, 1.82) is 0 Å². The van der Waals surface area contributed by atoms with Crippen LogP contribution in [0.1, 0.15) is 0 Å². The van der Waals surface area contributed by atoms with E-state index in [9.17, 15) is 0 Å². The maximum atomic E-state index is 5.01. The van der Waals surface area contributed by atoms with Crippen molar-refractivity contribution in [2.45, 2.75) is 0 Å². The Balaban J connectivity index is 5.45. The summed E-state index contributed by atoms with van der Waals surface area (Å²) >= 11 is 0.